The molecule has 1 aliphatic carbocycles. The topological polar surface area (TPSA) is 89.0 Å². The normalized spacial score (nSPS) is 22.5. The fourth-order valence-electron chi connectivity index (χ4n) is 4.89. The molecule has 2 aliphatic rings. The quantitative estimate of drug-likeness (QED) is 0.207. The van der Waals surface area contributed by atoms with E-state index in [1.165, 1.54) is 30.3 Å². The van der Waals surface area contributed by atoms with Crippen molar-refractivity contribution in [3.63, 3.8) is 0 Å². The smallest absolute Gasteiger partial charge is 0.269 e. The van der Waals surface area contributed by atoms with Crippen molar-refractivity contribution in [2.75, 3.05) is 0 Å². The molecule has 2 fully saturated rings. The predicted molar refractivity (Wildman–Crippen MR) is 143 cm³/mol. The molecule has 0 bridgehead atoms. The summed E-state index contributed by atoms with van der Waals surface area (Å²) in [6.45, 7) is 4.03. The Hall–Kier alpha value is -3.65. The zero-order chi connectivity index (χ0) is 25.2. The fraction of sp³-hybridized carbons (Fsp3) is 0.286. The summed E-state index contributed by atoms with van der Waals surface area (Å²) in [5.74, 6) is 1.51. The Morgan fingerprint density at radius 1 is 1.11 bits per heavy atom. The van der Waals surface area contributed by atoms with Crippen LogP contribution in [0, 0.1) is 23.0 Å². The highest BCUT2D eigenvalue weighted by atomic mass is 32.2. The van der Waals surface area contributed by atoms with E-state index in [0.717, 1.165) is 36.1 Å². The van der Waals surface area contributed by atoms with Crippen LogP contribution >= 0.6 is 11.8 Å². The predicted octanol–water partition coefficient (Wildman–Crippen LogP) is 7.35. The van der Waals surface area contributed by atoms with Gasteiger partial charge in [-0.1, -0.05) is 38.0 Å². The minimum atomic E-state index is -0.412. The third-order valence-electron chi connectivity index (χ3n) is 6.80. The number of nitro groups is 1. The number of carbonyl (C=O) groups excluding carboxylic acids is 1. The molecule has 2 atom stereocenters. The number of para-hydroxylation sites is 1. The van der Waals surface area contributed by atoms with Gasteiger partial charge in [0.2, 0.25) is 0 Å². The fourth-order valence-corrected chi connectivity index (χ4v) is 5.92. The molecule has 8 heteroatoms. The molecule has 0 spiro atoms. The van der Waals surface area contributed by atoms with Crippen molar-refractivity contribution in [3.8, 4) is 11.3 Å². The Kier molecular flexibility index (Phi) is 6.78. The van der Waals surface area contributed by atoms with Gasteiger partial charge in [0.1, 0.15) is 11.5 Å². The third kappa shape index (κ3) is 4.86. The van der Waals surface area contributed by atoms with Gasteiger partial charge in [0, 0.05) is 29.8 Å². The van der Waals surface area contributed by atoms with Gasteiger partial charge >= 0.3 is 0 Å². The lowest BCUT2D eigenvalue weighted by molar-refractivity contribution is -0.384. The number of carbonyl (C=O) groups is 1. The minimum Gasteiger partial charge on any atom is -0.457 e. The van der Waals surface area contributed by atoms with Crippen LogP contribution in [-0.4, -0.2) is 26.9 Å². The van der Waals surface area contributed by atoms with E-state index in [2.05, 4.69) is 6.92 Å². The maximum absolute atomic E-state index is 13.6. The van der Waals surface area contributed by atoms with Crippen LogP contribution in [-0.2, 0) is 4.79 Å². The first kappa shape index (κ1) is 24.1. The number of nitro benzene ring substituents is 1. The summed E-state index contributed by atoms with van der Waals surface area (Å²) >= 11 is 1.38. The number of amides is 1. The Bertz CT molecular complexity index is 1360. The van der Waals surface area contributed by atoms with Crippen LogP contribution in [0.5, 0.6) is 0 Å². The van der Waals surface area contributed by atoms with E-state index in [0.29, 0.717) is 27.5 Å². The van der Waals surface area contributed by atoms with Crippen molar-refractivity contribution in [1.29, 1.82) is 0 Å². The van der Waals surface area contributed by atoms with Crippen molar-refractivity contribution >= 4 is 40.3 Å². The second-order valence-electron chi connectivity index (χ2n) is 9.30. The van der Waals surface area contributed by atoms with E-state index in [-0.39, 0.29) is 17.6 Å². The zero-order valence-corrected chi connectivity index (χ0v) is 21.0. The highest BCUT2D eigenvalue weighted by Crippen LogP contribution is 2.40. The first-order valence-corrected chi connectivity index (χ1v) is 12.9. The largest absolute Gasteiger partial charge is 0.457 e. The van der Waals surface area contributed by atoms with Crippen molar-refractivity contribution in [2.24, 2.45) is 10.9 Å². The number of nitrogens with zero attached hydrogens (tertiary/aromatic N) is 3. The second kappa shape index (κ2) is 10.1. The molecule has 1 aromatic heterocycles. The standard InChI is InChI=1S/C28H27N3O4S/c1-18-8-6-7-11-24(18)30-27(32)26(36-28(30)29-20-9-4-3-5-10-20)17-22-13-15-25(35-22)23-14-12-21(31(33)34)16-19(23)2/h3-5,9-10,12-18,24H,6-8,11H2,1-2H3/b26-17-,29-28?/t18-,24-/m0/s1. The highest BCUT2D eigenvalue weighted by molar-refractivity contribution is 8.18. The number of aliphatic imine (C=N–C) groups is 1. The average molecular weight is 502 g/mol. The number of non-ortho nitro benzene ring substituents is 1. The average Bonchev–Trinajstić information content (AvgIpc) is 3.44. The molecule has 184 valence electrons. The molecule has 36 heavy (non-hydrogen) atoms. The first-order valence-electron chi connectivity index (χ1n) is 12.1. The van der Waals surface area contributed by atoms with E-state index in [9.17, 15) is 14.9 Å². The number of rotatable bonds is 5. The molecule has 5 rings (SSSR count). The molecule has 1 aliphatic heterocycles. The molecule has 3 aromatic rings. The summed E-state index contributed by atoms with van der Waals surface area (Å²) in [5, 5.41) is 11.8. The molecule has 7 nitrogen and oxygen atoms in total. The zero-order valence-electron chi connectivity index (χ0n) is 20.2. The van der Waals surface area contributed by atoms with Gasteiger partial charge < -0.3 is 4.42 Å². The van der Waals surface area contributed by atoms with Crippen LogP contribution in [0.2, 0.25) is 0 Å². The number of aryl methyl sites for hydroxylation is 1. The lowest BCUT2D eigenvalue weighted by Crippen LogP contribution is -2.44. The number of furan rings is 1. The summed E-state index contributed by atoms with van der Waals surface area (Å²) in [6, 6.07) is 18.2. The van der Waals surface area contributed by atoms with E-state index in [1.54, 1.807) is 12.1 Å². The molecule has 0 radical (unpaired) electrons. The van der Waals surface area contributed by atoms with Crippen molar-refractivity contribution < 1.29 is 14.1 Å². The lowest BCUT2D eigenvalue weighted by Gasteiger charge is -2.35. The van der Waals surface area contributed by atoms with Crippen molar-refractivity contribution in [3.05, 3.63) is 87.0 Å². The van der Waals surface area contributed by atoms with Crippen LogP contribution in [0.3, 0.4) is 0 Å². The second-order valence-corrected chi connectivity index (χ2v) is 10.3. The van der Waals surface area contributed by atoms with Crippen LogP contribution in [0.15, 0.2) is 75.0 Å². The SMILES string of the molecule is Cc1cc([N+](=O)[O-])ccc1-c1ccc(/C=C2\SC(=Nc3ccccc3)N([C@H]3CCCC[C@@H]3C)C2=O)o1. The van der Waals surface area contributed by atoms with Gasteiger partial charge in [-0.05, 0) is 73.3 Å². The molecule has 1 saturated carbocycles. The number of thioether (sulfide) groups is 1. The molecule has 1 saturated heterocycles. The molecule has 0 N–H and O–H groups in total. The molecular weight excluding hydrogens is 474 g/mol. The van der Waals surface area contributed by atoms with E-state index < -0.39 is 4.92 Å². The van der Waals surface area contributed by atoms with E-state index in [1.807, 2.05) is 54.3 Å². The van der Waals surface area contributed by atoms with Crippen LogP contribution in [0.1, 0.15) is 43.9 Å². The highest BCUT2D eigenvalue weighted by Gasteiger charge is 2.41. The van der Waals surface area contributed by atoms with E-state index >= 15 is 0 Å². The summed E-state index contributed by atoms with van der Waals surface area (Å²) in [5.41, 5.74) is 2.38. The maximum Gasteiger partial charge on any atom is 0.269 e. The summed E-state index contributed by atoms with van der Waals surface area (Å²) in [4.78, 5) is 31.6. The third-order valence-corrected chi connectivity index (χ3v) is 7.79. The van der Waals surface area contributed by atoms with Crippen molar-refractivity contribution in [2.45, 2.75) is 45.6 Å². The summed E-state index contributed by atoms with van der Waals surface area (Å²) in [7, 11) is 0. The number of hydrogen-bond donors (Lipinski definition) is 0. The van der Waals surface area contributed by atoms with Gasteiger partial charge in [0.05, 0.1) is 15.5 Å². The molecule has 1 amide bonds. The Balaban J connectivity index is 1.46. The molecule has 0 unspecified atom stereocenters. The molecule has 2 aromatic carbocycles. The van der Waals surface area contributed by atoms with Gasteiger partial charge in [-0.3, -0.25) is 19.8 Å². The van der Waals surface area contributed by atoms with Crippen LogP contribution in [0.25, 0.3) is 17.4 Å². The van der Waals surface area contributed by atoms with Gasteiger partial charge in [-0.15, -0.1) is 0 Å². The Morgan fingerprint density at radius 2 is 1.89 bits per heavy atom. The maximum atomic E-state index is 13.6. The van der Waals surface area contributed by atoms with Gasteiger partial charge in [0.15, 0.2) is 5.17 Å². The number of hydrogen-bond acceptors (Lipinski definition) is 6. The number of benzene rings is 2. The van der Waals surface area contributed by atoms with Crippen LogP contribution in [0.4, 0.5) is 11.4 Å². The van der Waals surface area contributed by atoms with Gasteiger partial charge in [-0.2, -0.15) is 0 Å². The van der Waals surface area contributed by atoms with Crippen molar-refractivity contribution in [1.82, 2.24) is 4.90 Å². The van der Waals surface area contributed by atoms with E-state index in [4.69, 9.17) is 9.41 Å². The molecule has 2 heterocycles. The van der Waals surface area contributed by atoms with Gasteiger partial charge in [-0.25, -0.2) is 4.99 Å². The van der Waals surface area contributed by atoms with Gasteiger partial charge in [0.25, 0.3) is 11.6 Å². The first-order chi connectivity index (χ1) is 17.4. The lowest BCUT2D eigenvalue weighted by atomic mass is 9.85. The van der Waals surface area contributed by atoms with Crippen LogP contribution < -0.4 is 0 Å². The minimum absolute atomic E-state index is 0.0420. The summed E-state index contributed by atoms with van der Waals surface area (Å²) in [6.07, 6.45) is 6.15. The summed E-state index contributed by atoms with van der Waals surface area (Å²) < 4.78 is 6.05. The monoisotopic (exact) mass is 501 g/mol. The molecular formula is C28H27N3O4S. The number of amidine groups is 1. The Morgan fingerprint density at radius 3 is 2.61 bits per heavy atom. The Labute approximate surface area is 214 Å².